The van der Waals surface area contributed by atoms with Gasteiger partial charge in [0, 0.05) is 19.1 Å². The molecule has 3 heterocycles. The van der Waals surface area contributed by atoms with E-state index in [1.807, 2.05) is 48.8 Å². The Morgan fingerprint density at radius 1 is 1.10 bits per heavy atom. The summed E-state index contributed by atoms with van der Waals surface area (Å²) in [6.07, 6.45) is 4.71. The summed E-state index contributed by atoms with van der Waals surface area (Å²) in [6.45, 7) is 8.88. The first kappa shape index (κ1) is 20.4. The van der Waals surface area contributed by atoms with Gasteiger partial charge in [0.2, 0.25) is 0 Å². The lowest BCUT2D eigenvalue weighted by molar-refractivity contribution is 0.00712. The summed E-state index contributed by atoms with van der Waals surface area (Å²) in [5.74, 6) is 0.324. The van der Waals surface area contributed by atoms with Gasteiger partial charge in [-0.15, -0.1) is 0 Å². The number of aromatic nitrogens is 3. The van der Waals surface area contributed by atoms with Crippen molar-refractivity contribution in [2.75, 3.05) is 13.1 Å². The van der Waals surface area contributed by atoms with E-state index in [2.05, 4.69) is 17.1 Å². The smallest absolute Gasteiger partial charge is 0.410 e. The maximum absolute atomic E-state index is 13.5. The third-order valence-corrected chi connectivity index (χ3v) is 5.90. The van der Waals surface area contributed by atoms with E-state index in [1.165, 1.54) is 4.80 Å². The van der Waals surface area contributed by atoms with Crippen LogP contribution >= 0.6 is 0 Å². The Hall–Kier alpha value is -2.90. The summed E-state index contributed by atoms with van der Waals surface area (Å²) in [7, 11) is 0. The zero-order valence-electron chi connectivity index (χ0n) is 18.0. The largest absolute Gasteiger partial charge is 0.444 e. The number of benzene rings is 1. The van der Waals surface area contributed by atoms with Crippen LogP contribution in [0.15, 0.2) is 36.7 Å². The van der Waals surface area contributed by atoms with Crippen LogP contribution < -0.4 is 0 Å². The monoisotopic (exact) mass is 411 g/mol. The fraction of sp³-hybridized carbons (Fsp3) is 0.545. The maximum atomic E-state index is 13.5. The lowest BCUT2D eigenvalue weighted by Gasteiger charge is -2.42. The van der Waals surface area contributed by atoms with E-state index in [0.29, 0.717) is 30.3 Å². The van der Waals surface area contributed by atoms with Crippen LogP contribution in [0.2, 0.25) is 0 Å². The molecule has 2 aliphatic heterocycles. The van der Waals surface area contributed by atoms with Crippen LogP contribution in [0.25, 0.3) is 5.69 Å². The van der Waals surface area contributed by atoms with Gasteiger partial charge in [0.15, 0.2) is 0 Å². The molecule has 30 heavy (non-hydrogen) atoms. The number of likely N-dealkylation sites (tertiary alicyclic amines) is 2. The van der Waals surface area contributed by atoms with E-state index in [9.17, 15) is 9.59 Å². The molecule has 3 atom stereocenters. The molecule has 2 aliphatic rings. The quantitative estimate of drug-likeness (QED) is 0.758. The highest BCUT2D eigenvalue weighted by molar-refractivity contribution is 5.98. The Morgan fingerprint density at radius 2 is 1.80 bits per heavy atom. The molecule has 160 valence electrons. The van der Waals surface area contributed by atoms with Crippen molar-refractivity contribution in [3.8, 4) is 5.69 Å². The lowest BCUT2D eigenvalue weighted by Crippen LogP contribution is -2.55. The molecule has 8 nitrogen and oxygen atoms in total. The molecule has 0 spiro atoms. The van der Waals surface area contributed by atoms with Gasteiger partial charge in [0.05, 0.1) is 29.7 Å². The summed E-state index contributed by atoms with van der Waals surface area (Å²) in [5, 5.41) is 8.36. The molecule has 0 N–H and O–H groups in total. The SMILES string of the molecule is C[C@H]1C[C@H]2CCN(C(=O)OC(C)(C)C)[C@H]2CN1C(=O)c1ccccc1-n1nccn1. The topological polar surface area (TPSA) is 80.6 Å². The fourth-order valence-electron chi connectivity index (χ4n) is 4.54. The van der Waals surface area contributed by atoms with Crippen LogP contribution in [0.5, 0.6) is 0 Å². The second-order valence-electron chi connectivity index (χ2n) is 9.17. The van der Waals surface area contributed by atoms with E-state index in [0.717, 1.165) is 12.8 Å². The van der Waals surface area contributed by atoms with Crippen molar-refractivity contribution in [2.24, 2.45) is 5.92 Å². The highest BCUT2D eigenvalue weighted by atomic mass is 16.6. The standard InChI is InChI=1S/C22H29N5O3/c1-15-13-16-9-12-25(21(29)30-22(2,3)4)19(16)14-26(15)20(28)17-7-5-6-8-18(17)27-23-10-11-24-27/h5-8,10-11,15-16,19H,9,12-14H2,1-4H3/t15-,16+,19-/m0/s1. The van der Waals surface area contributed by atoms with Gasteiger partial charge in [0.25, 0.3) is 5.91 Å². The fourth-order valence-corrected chi connectivity index (χ4v) is 4.54. The Kier molecular flexibility index (Phi) is 5.26. The van der Waals surface area contributed by atoms with Crippen molar-refractivity contribution >= 4 is 12.0 Å². The first-order valence-corrected chi connectivity index (χ1v) is 10.5. The minimum absolute atomic E-state index is 0.0185. The second-order valence-corrected chi connectivity index (χ2v) is 9.17. The molecule has 2 fully saturated rings. The zero-order chi connectivity index (χ0) is 21.5. The number of piperidine rings is 1. The molecule has 4 rings (SSSR count). The number of hydrogen-bond donors (Lipinski definition) is 0. The number of carbonyl (C=O) groups is 2. The molecular weight excluding hydrogens is 382 g/mol. The predicted molar refractivity (Wildman–Crippen MR) is 111 cm³/mol. The zero-order valence-corrected chi connectivity index (χ0v) is 18.0. The van der Waals surface area contributed by atoms with Crippen LogP contribution in [0.4, 0.5) is 4.79 Å². The Morgan fingerprint density at radius 3 is 2.50 bits per heavy atom. The average Bonchev–Trinajstić information content (AvgIpc) is 3.35. The highest BCUT2D eigenvalue weighted by Crippen LogP contribution is 2.36. The van der Waals surface area contributed by atoms with Crippen molar-refractivity contribution in [1.82, 2.24) is 24.8 Å². The summed E-state index contributed by atoms with van der Waals surface area (Å²) < 4.78 is 5.61. The van der Waals surface area contributed by atoms with Crippen molar-refractivity contribution < 1.29 is 14.3 Å². The Bertz CT molecular complexity index is 921. The third kappa shape index (κ3) is 3.91. The van der Waals surface area contributed by atoms with Crippen LogP contribution in [-0.2, 0) is 4.74 Å². The molecule has 8 heteroatoms. The van der Waals surface area contributed by atoms with Gasteiger partial charge in [-0.3, -0.25) is 4.79 Å². The lowest BCUT2D eigenvalue weighted by atomic mass is 9.87. The maximum Gasteiger partial charge on any atom is 0.410 e. The number of carbonyl (C=O) groups excluding carboxylic acids is 2. The van der Waals surface area contributed by atoms with Gasteiger partial charge in [-0.1, -0.05) is 12.1 Å². The van der Waals surface area contributed by atoms with E-state index < -0.39 is 5.60 Å². The second kappa shape index (κ2) is 7.74. The minimum Gasteiger partial charge on any atom is -0.444 e. The first-order chi connectivity index (χ1) is 14.2. The van der Waals surface area contributed by atoms with Crippen molar-refractivity contribution in [3.05, 3.63) is 42.2 Å². The van der Waals surface area contributed by atoms with E-state index in [1.54, 1.807) is 18.5 Å². The van der Waals surface area contributed by atoms with Crippen molar-refractivity contribution in [1.29, 1.82) is 0 Å². The third-order valence-electron chi connectivity index (χ3n) is 5.90. The molecule has 2 amide bonds. The predicted octanol–water partition coefficient (Wildman–Crippen LogP) is 3.13. The summed E-state index contributed by atoms with van der Waals surface area (Å²) in [4.78, 5) is 31.4. The number of nitrogens with zero attached hydrogens (tertiary/aromatic N) is 5. The molecule has 0 bridgehead atoms. The molecule has 2 saturated heterocycles. The van der Waals surface area contributed by atoms with Crippen molar-refractivity contribution in [2.45, 2.75) is 58.2 Å². The molecule has 0 unspecified atom stereocenters. The highest BCUT2D eigenvalue weighted by Gasteiger charge is 2.45. The number of para-hydroxylation sites is 1. The van der Waals surface area contributed by atoms with E-state index >= 15 is 0 Å². The van der Waals surface area contributed by atoms with Crippen LogP contribution in [-0.4, -0.2) is 67.6 Å². The summed E-state index contributed by atoms with van der Waals surface area (Å²) in [6, 6.07) is 7.44. The normalized spacial score (nSPS) is 23.9. The summed E-state index contributed by atoms with van der Waals surface area (Å²) >= 11 is 0. The van der Waals surface area contributed by atoms with Crippen molar-refractivity contribution in [3.63, 3.8) is 0 Å². The van der Waals surface area contributed by atoms with E-state index in [4.69, 9.17) is 4.74 Å². The van der Waals surface area contributed by atoms with Gasteiger partial charge in [-0.05, 0) is 58.6 Å². The summed E-state index contributed by atoms with van der Waals surface area (Å²) in [5.41, 5.74) is 0.667. The number of ether oxygens (including phenoxy) is 1. The van der Waals surface area contributed by atoms with E-state index in [-0.39, 0.29) is 24.1 Å². The molecule has 0 radical (unpaired) electrons. The molecule has 1 aromatic carbocycles. The number of fused-ring (bicyclic) bond motifs is 1. The van der Waals surface area contributed by atoms with Crippen LogP contribution in [0.1, 0.15) is 50.9 Å². The van der Waals surface area contributed by atoms with Gasteiger partial charge in [-0.2, -0.15) is 15.0 Å². The first-order valence-electron chi connectivity index (χ1n) is 10.5. The molecule has 0 saturated carbocycles. The number of rotatable bonds is 2. The molecular formula is C22H29N5O3. The van der Waals surface area contributed by atoms with Gasteiger partial charge < -0.3 is 14.5 Å². The van der Waals surface area contributed by atoms with Crippen LogP contribution in [0.3, 0.4) is 0 Å². The molecule has 1 aromatic heterocycles. The Balaban J connectivity index is 1.57. The number of hydrogen-bond acceptors (Lipinski definition) is 5. The van der Waals surface area contributed by atoms with Gasteiger partial charge >= 0.3 is 6.09 Å². The Labute approximate surface area is 176 Å². The van der Waals surface area contributed by atoms with Gasteiger partial charge in [0.1, 0.15) is 5.60 Å². The van der Waals surface area contributed by atoms with Crippen LogP contribution in [0, 0.1) is 5.92 Å². The minimum atomic E-state index is -0.539. The van der Waals surface area contributed by atoms with Gasteiger partial charge in [-0.25, -0.2) is 4.79 Å². The average molecular weight is 412 g/mol. The molecule has 2 aromatic rings. The molecule has 0 aliphatic carbocycles. The number of amides is 2.